The number of Topliss-reactive ketones (excluding diaryl/α,β-unsaturated/α-hetero) is 1. The summed E-state index contributed by atoms with van der Waals surface area (Å²) in [6.45, 7) is 7.54. The first-order valence-corrected chi connectivity index (χ1v) is 7.35. The van der Waals surface area contributed by atoms with Gasteiger partial charge in [0, 0.05) is 29.6 Å². The zero-order valence-electron chi connectivity index (χ0n) is 13.6. The molecule has 2 aromatic rings. The Morgan fingerprint density at radius 1 is 1.21 bits per heavy atom. The number of allylic oxidation sites excluding steroid dienone is 1. The molecule has 0 aliphatic heterocycles. The number of nitrogens with zero attached hydrogens (tertiary/aromatic N) is 1. The largest absolute Gasteiger partial charge is 0.508 e. The minimum absolute atomic E-state index is 0.113. The molecular weight excluding hydrogens is 310 g/mol. The smallest absolute Gasteiger partial charge is 0.342 e. The van der Waals surface area contributed by atoms with Crippen LogP contribution in [0.25, 0.3) is 0 Å². The Morgan fingerprint density at radius 3 is 2.54 bits per heavy atom. The Hall–Kier alpha value is -3.02. The van der Waals surface area contributed by atoms with E-state index < -0.39 is 18.3 Å². The summed E-state index contributed by atoms with van der Waals surface area (Å²) >= 11 is 0. The second kappa shape index (κ2) is 7.04. The molecule has 0 aliphatic carbocycles. The van der Waals surface area contributed by atoms with Gasteiger partial charge in [0.15, 0.2) is 6.61 Å². The SMILES string of the molecule is C=CCn1c(C)cc(C(=O)COC(=O)c2ccc(O)cc2O)c1C. The molecular formula is C18H19NO5. The average Bonchev–Trinajstić information content (AvgIpc) is 2.81. The normalized spacial score (nSPS) is 10.4. The number of ketones is 1. The molecule has 6 nitrogen and oxygen atoms in total. The summed E-state index contributed by atoms with van der Waals surface area (Å²) in [5.74, 6) is -1.74. The number of phenolic OH excluding ortho intramolecular Hbond substituents is 2. The molecule has 6 heteroatoms. The zero-order chi connectivity index (χ0) is 17.9. The van der Waals surface area contributed by atoms with Gasteiger partial charge in [-0.1, -0.05) is 6.08 Å². The Balaban J connectivity index is 2.09. The molecule has 0 aliphatic rings. The van der Waals surface area contributed by atoms with Gasteiger partial charge < -0.3 is 19.5 Å². The molecule has 0 atom stereocenters. The number of hydrogen-bond donors (Lipinski definition) is 2. The Kier molecular flexibility index (Phi) is 5.08. The van der Waals surface area contributed by atoms with Crippen molar-refractivity contribution >= 4 is 11.8 Å². The fraction of sp³-hybridized carbons (Fsp3) is 0.222. The number of aryl methyl sites for hydroxylation is 1. The van der Waals surface area contributed by atoms with Gasteiger partial charge in [-0.15, -0.1) is 6.58 Å². The van der Waals surface area contributed by atoms with E-state index in [0.717, 1.165) is 17.5 Å². The van der Waals surface area contributed by atoms with Crippen molar-refractivity contribution in [3.8, 4) is 11.5 Å². The third-order valence-corrected chi connectivity index (χ3v) is 3.72. The monoisotopic (exact) mass is 329 g/mol. The molecule has 0 saturated heterocycles. The minimum Gasteiger partial charge on any atom is -0.508 e. The molecule has 1 aromatic carbocycles. The van der Waals surface area contributed by atoms with Crippen LogP contribution in [-0.4, -0.2) is 33.1 Å². The van der Waals surface area contributed by atoms with Gasteiger partial charge in [-0.05, 0) is 32.0 Å². The lowest BCUT2D eigenvalue weighted by Crippen LogP contribution is -2.15. The van der Waals surface area contributed by atoms with Gasteiger partial charge in [-0.3, -0.25) is 4.79 Å². The van der Waals surface area contributed by atoms with Crippen LogP contribution in [0.15, 0.2) is 36.9 Å². The highest BCUT2D eigenvalue weighted by atomic mass is 16.5. The highest BCUT2D eigenvalue weighted by Crippen LogP contribution is 2.23. The standard InChI is InChI=1S/C18H19NO5/c1-4-7-19-11(2)8-15(12(19)3)17(22)10-24-18(23)14-6-5-13(20)9-16(14)21/h4-6,8-9,20-21H,1,7,10H2,2-3H3. The summed E-state index contributed by atoms with van der Waals surface area (Å²) in [7, 11) is 0. The summed E-state index contributed by atoms with van der Waals surface area (Å²) in [6.07, 6.45) is 1.74. The van der Waals surface area contributed by atoms with E-state index >= 15 is 0 Å². The van der Waals surface area contributed by atoms with Gasteiger partial charge in [0.25, 0.3) is 0 Å². The minimum atomic E-state index is -0.833. The van der Waals surface area contributed by atoms with Crippen molar-refractivity contribution in [3.05, 3.63) is 59.4 Å². The number of esters is 1. The lowest BCUT2D eigenvalue weighted by atomic mass is 10.1. The summed E-state index contributed by atoms with van der Waals surface area (Å²) in [6, 6.07) is 5.25. The predicted molar refractivity (Wildman–Crippen MR) is 88.5 cm³/mol. The topological polar surface area (TPSA) is 88.8 Å². The fourth-order valence-corrected chi connectivity index (χ4v) is 2.47. The first kappa shape index (κ1) is 17.3. The van der Waals surface area contributed by atoms with Gasteiger partial charge in [-0.25, -0.2) is 4.79 Å². The van der Waals surface area contributed by atoms with E-state index in [0.29, 0.717) is 12.1 Å². The molecule has 0 fully saturated rings. The van der Waals surface area contributed by atoms with Gasteiger partial charge >= 0.3 is 5.97 Å². The fourth-order valence-electron chi connectivity index (χ4n) is 2.47. The molecule has 0 spiro atoms. The third-order valence-electron chi connectivity index (χ3n) is 3.72. The van der Waals surface area contributed by atoms with Gasteiger partial charge in [0.1, 0.15) is 17.1 Å². The molecule has 1 heterocycles. The molecule has 24 heavy (non-hydrogen) atoms. The van der Waals surface area contributed by atoms with E-state index in [1.165, 1.54) is 12.1 Å². The lowest BCUT2D eigenvalue weighted by Gasteiger charge is -2.07. The van der Waals surface area contributed by atoms with Crippen molar-refractivity contribution in [3.63, 3.8) is 0 Å². The van der Waals surface area contributed by atoms with Crippen molar-refractivity contribution < 1.29 is 24.5 Å². The summed E-state index contributed by atoms with van der Waals surface area (Å²) in [5, 5.41) is 18.8. The van der Waals surface area contributed by atoms with E-state index in [1.54, 1.807) is 12.1 Å². The number of benzene rings is 1. The summed E-state index contributed by atoms with van der Waals surface area (Å²) in [4.78, 5) is 24.2. The number of carbonyl (C=O) groups excluding carboxylic acids is 2. The lowest BCUT2D eigenvalue weighted by molar-refractivity contribution is 0.0471. The van der Waals surface area contributed by atoms with E-state index in [4.69, 9.17) is 4.74 Å². The van der Waals surface area contributed by atoms with Gasteiger partial charge in [0.2, 0.25) is 5.78 Å². The molecule has 0 unspecified atom stereocenters. The number of aromatic nitrogens is 1. The van der Waals surface area contributed by atoms with Crippen molar-refractivity contribution in [1.82, 2.24) is 4.57 Å². The number of rotatable bonds is 6. The number of carbonyl (C=O) groups is 2. The number of hydrogen-bond acceptors (Lipinski definition) is 5. The van der Waals surface area contributed by atoms with Crippen LogP contribution in [0, 0.1) is 13.8 Å². The molecule has 0 radical (unpaired) electrons. The number of aromatic hydroxyl groups is 2. The zero-order valence-corrected chi connectivity index (χ0v) is 13.6. The molecule has 0 saturated carbocycles. The van der Waals surface area contributed by atoms with Crippen LogP contribution in [0.3, 0.4) is 0 Å². The molecule has 2 rings (SSSR count). The van der Waals surface area contributed by atoms with Crippen LogP contribution < -0.4 is 0 Å². The molecule has 0 bridgehead atoms. The van der Waals surface area contributed by atoms with E-state index in [9.17, 15) is 19.8 Å². The van der Waals surface area contributed by atoms with Crippen LogP contribution in [0.5, 0.6) is 11.5 Å². The summed E-state index contributed by atoms with van der Waals surface area (Å²) in [5.41, 5.74) is 2.06. The average molecular weight is 329 g/mol. The molecule has 1 aromatic heterocycles. The Bertz CT molecular complexity index is 804. The second-order valence-corrected chi connectivity index (χ2v) is 5.38. The highest BCUT2D eigenvalue weighted by molar-refractivity contribution is 6.01. The van der Waals surface area contributed by atoms with Crippen molar-refractivity contribution in [2.75, 3.05) is 6.61 Å². The maximum atomic E-state index is 12.3. The molecule has 0 amide bonds. The highest BCUT2D eigenvalue weighted by Gasteiger charge is 2.19. The van der Waals surface area contributed by atoms with Gasteiger partial charge in [-0.2, -0.15) is 0 Å². The number of phenols is 2. The summed E-state index contributed by atoms with van der Waals surface area (Å²) < 4.78 is 6.91. The molecule has 126 valence electrons. The van der Waals surface area contributed by atoms with Crippen LogP contribution in [0.4, 0.5) is 0 Å². The quantitative estimate of drug-likeness (QED) is 0.483. The van der Waals surface area contributed by atoms with Crippen LogP contribution in [0.1, 0.15) is 32.1 Å². The van der Waals surface area contributed by atoms with Crippen molar-refractivity contribution in [1.29, 1.82) is 0 Å². The van der Waals surface area contributed by atoms with Crippen LogP contribution in [0.2, 0.25) is 0 Å². The maximum absolute atomic E-state index is 12.3. The van der Waals surface area contributed by atoms with Crippen LogP contribution in [-0.2, 0) is 11.3 Å². The van der Waals surface area contributed by atoms with E-state index in [2.05, 4.69) is 6.58 Å². The molecule has 2 N–H and O–H groups in total. The van der Waals surface area contributed by atoms with Crippen LogP contribution >= 0.6 is 0 Å². The first-order chi connectivity index (χ1) is 11.3. The predicted octanol–water partition coefficient (Wildman–Crippen LogP) is 2.74. The third kappa shape index (κ3) is 3.48. The van der Waals surface area contributed by atoms with Gasteiger partial charge in [0.05, 0.1) is 0 Å². The number of ether oxygens (including phenoxy) is 1. The Morgan fingerprint density at radius 2 is 1.92 bits per heavy atom. The Labute approximate surface area is 139 Å². The van der Waals surface area contributed by atoms with E-state index in [1.807, 2.05) is 18.4 Å². The first-order valence-electron chi connectivity index (χ1n) is 7.35. The van der Waals surface area contributed by atoms with E-state index in [-0.39, 0.29) is 17.1 Å². The van der Waals surface area contributed by atoms with Crippen molar-refractivity contribution in [2.24, 2.45) is 0 Å². The van der Waals surface area contributed by atoms with Crippen molar-refractivity contribution in [2.45, 2.75) is 20.4 Å². The maximum Gasteiger partial charge on any atom is 0.342 e. The second-order valence-electron chi connectivity index (χ2n) is 5.38.